The molecule has 0 aromatic heterocycles. The molecule has 0 radical (unpaired) electrons. The fraction of sp³-hybridized carbons (Fsp3) is 0.600. The number of hydrogen-bond acceptors (Lipinski definition) is 2. The van der Waals surface area contributed by atoms with Crippen LogP contribution >= 0.6 is 0 Å². The van der Waals surface area contributed by atoms with E-state index in [2.05, 4.69) is 23.5 Å². The highest BCUT2D eigenvalue weighted by molar-refractivity contribution is 5.37. The van der Waals surface area contributed by atoms with Crippen molar-refractivity contribution in [3.05, 3.63) is 34.9 Å². The second-order valence-electron chi connectivity index (χ2n) is 5.24. The first-order valence-corrected chi connectivity index (χ1v) is 6.81. The number of ether oxygens (including phenoxy) is 1. The van der Waals surface area contributed by atoms with Crippen LogP contribution in [0.15, 0.2) is 18.2 Å². The number of fused-ring (bicyclic) bond motifs is 1. The summed E-state index contributed by atoms with van der Waals surface area (Å²) in [5.74, 6) is 0.838. The SMILES string of the molecule is c1cc2c(c(CC3CCOCC3)c1)CCNC2. The third-order valence-electron chi connectivity index (χ3n) is 4.09. The van der Waals surface area contributed by atoms with Crippen LogP contribution in [-0.2, 0) is 24.1 Å². The van der Waals surface area contributed by atoms with Crippen LogP contribution in [0.4, 0.5) is 0 Å². The number of rotatable bonds is 2. The molecular formula is C15H21NO. The van der Waals surface area contributed by atoms with E-state index in [1.54, 1.807) is 11.1 Å². The van der Waals surface area contributed by atoms with Gasteiger partial charge in [0.05, 0.1) is 0 Å². The molecule has 0 saturated carbocycles. The molecule has 0 amide bonds. The van der Waals surface area contributed by atoms with Gasteiger partial charge in [-0.25, -0.2) is 0 Å². The maximum absolute atomic E-state index is 5.44. The Kier molecular flexibility index (Phi) is 3.44. The van der Waals surface area contributed by atoms with Crippen molar-refractivity contribution in [3.8, 4) is 0 Å². The maximum atomic E-state index is 5.44. The van der Waals surface area contributed by atoms with Crippen LogP contribution in [0.1, 0.15) is 29.5 Å². The topological polar surface area (TPSA) is 21.3 Å². The van der Waals surface area contributed by atoms with Gasteiger partial charge in [-0.15, -0.1) is 0 Å². The Morgan fingerprint density at radius 2 is 2.12 bits per heavy atom. The highest BCUT2D eigenvalue weighted by Crippen LogP contribution is 2.25. The Labute approximate surface area is 103 Å². The minimum absolute atomic E-state index is 0.838. The summed E-state index contributed by atoms with van der Waals surface area (Å²) < 4.78 is 5.44. The Hall–Kier alpha value is -0.860. The van der Waals surface area contributed by atoms with Crippen molar-refractivity contribution in [2.45, 2.75) is 32.2 Å². The molecule has 0 spiro atoms. The highest BCUT2D eigenvalue weighted by atomic mass is 16.5. The third kappa shape index (κ3) is 2.53. The summed E-state index contributed by atoms with van der Waals surface area (Å²) in [6.45, 7) is 4.11. The summed E-state index contributed by atoms with van der Waals surface area (Å²) in [5, 5.41) is 3.45. The fourth-order valence-corrected chi connectivity index (χ4v) is 3.06. The molecule has 0 atom stereocenters. The molecule has 3 rings (SSSR count). The number of benzene rings is 1. The Bertz CT molecular complexity index is 383. The van der Waals surface area contributed by atoms with Crippen LogP contribution in [0.2, 0.25) is 0 Å². The van der Waals surface area contributed by atoms with Crippen molar-refractivity contribution in [2.75, 3.05) is 19.8 Å². The van der Waals surface area contributed by atoms with Gasteiger partial charge in [-0.3, -0.25) is 0 Å². The van der Waals surface area contributed by atoms with Crippen LogP contribution in [-0.4, -0.2) is 19.8 Å². The summed E-state index contributed by atoms with van der Waals surface area (Å²) >= 11 is 0. The molecule has 0 bridgehead atoms. The van der Waals surface area contributed by atoms with E-state index in [9.17, 15) is 0 Å². The van der Waals surface area contributed by atoms with Gasteiger partial charge < -0.3 is 10.1 Å². The molecule has 1 saturated heterocycles. The molecule has 2 heterocycles. The van der Waals surface area contributed by atoms with E-state index in [1.165, 1.54) is 31.2 Å². The molecule has 1 aromatic carbocycles. The lowest BCUT2D eigenvalue weighted by atomic mass is 9.87. The molecule has 0 aliphatic carbocycles. The zero-order chi connectivity index (χ0) is 11.5. The Morgan fingerprint density at radius 1 is 1.24 bits per heavy atom. The normalized spacial score (nSPS) is 21.2. The molecule has 1 N–H and O–H groups in total. The summed E-state index contributed by atoms with van der Waals surface area (Å²) in [5.41, 5.74) is 4.73. The van der Waals surface area contributed by atoms with Gasteiger partial charge >= 0.3 is 0 Å². The predicted octanol–water partition coefficient (Wildman–Crippen LogP) is 2.30. The molecule has 1 fully saturated rings. The lowest BCUT2D eigenvalue weighted by molar-refractivity contribution is 0.0664. The standard InChI is InChI=1S/C15H21NO/c1-2-13(10-12-5-8-17-9-6-12)15-4-7-16-11-14(15)3-1/h1-3,12,16H,4-11H2. The molecular weight excluding hydrogens is 210 g/mol. The first kappa shape index (κ1) is 11.2. The van der Waals surface area contributed by atoms with Gasteiger partial charge in [0.1, 0.15) is 0 Å². The Balaban J connectivity index is 1.77. The van der Waals surface area contributed by atoms with Crippen LogP contribution in [0.25, 0.3) is 0 Å². The predicted molar refractivity (Wildman–Crippen MR) is 69.1 cm³/mol. The van der Waals surface area contributed by atoms with Gasteiger partial charge in [0.15, 0.2) is 0 Å². The van der Waals surface area contributed by atoms with Gasteiger partial charge in [0.25, 0.3) is 0 Å². The monoisotopic (exact) mass is 231 g/mol. The van der Waals surface area contributed by atoms with E-state index < -0.39 is 0 Å². The molecule has 92 valence electrons. The summed E-state index contributed by atoms with van der Waals surface area (Å²) in [6.07, 6.45) is 4.94. The number of hydrogen-bond donors (Lipinski definition) is 1. The lowest BCUT2D eigenvalue weighted by Gasteiger charge is -2.25. The van der Waals surface area contributed by atoms with Crippen molar-refractivity contribution >= 4 is 0 Å². The van der Waals surface area contributed by atoms with Crippen molar-refractivity contribution < 1.29 is 4.74 Å². The van der Waals surface area contributed by atoms with E-state index in [0.29, 0.717) is 0 Å². The van der Waals surface area contributed by atoms with Crippen LogP contribution < -0.4 is 5.32 Å². The largest absolute Gasteiger partial charge is 0.381 e. The summed E-state index contributed by atoms with van der Waals surface area (Å²) in [4.78, 5) is 0. The van der Waals surface area contributed by atoms with E-state index in [4.69, 9.17) is 4.74 Å². The smallest absolute Gasteiger partial charge is 0.0468 e. The molecule has 2 nitrogen and oxygen atoms in total. The van der Waals surface area contributed by atoms with Crippen molar-refractivity contribution in [1.29, 1.82) is 0 Å². The van der Waals surface area contributed by atoms with Gasteiger partial charge in [0.2, 0.25) is 0 Å². The maximum Gasteiger partial charge on any atom is 0.0468 e. The number of nitrogens with one attached hydrogen (secondary N) is 1. The van der Waals surface area contributed by atoms with Gasteiger partial charge in [0, 0.05) is 19.8 Å². The molecule has 2 heteroatoms. The quantitative estimate of drug-likeness (QED) is 0.843. The average molecular weight is 231 g/mol. The lowest BCUT2D eigenvalue weighted by Crippen LogP contribution is -2.25. The molecule has 2 aliphatic heterocycles. The van der Waals surface area contributed by atoms with Crippen molar-refractivity contribution in [2.24, 2.45) is 5.92 Å². The molecule has 2 aliphatic rings. The van der Waals surface area contributed by atoms with Crippen LogP contribution in [0, 0.1) is 5.92 Å². The Morgan fingerprint density at radius 3 is 3.00 bits per heavy atom. The van der Waals surface area contributed by atoms with Crippen molar-refractivity contribution in [3.63, 3.8) is 0 Å². The molecule has 0 unspecified atom stereocenters. The first-order valence-electron chi connectivity index (χ1n) is 6.81. The second kappa shape index (κ2) is 5.19. The van der Waals surface area contributed by atoms with Gasteiger partial charge in [-0.1, -0.05) is 18.2 Å². The summed E-state index contributed by atoms with van der Waals surface area (Å²) in [7, 11) is 0. The van der Waals surface area contributed by atoms with Gasteiger partial charge in [-0.2, -0.15) is 0 Å². The minimum Gasteiger partial charge on any atom is -0.381 e. The minimum atomic E-state index is 0.838. The van der Waals surface area contributed by atoms with Crippen molar-refractivity contribution in [1.82, 2.24) is 5.32 Å². The van der Waals surface area contributed by atoms with Crippen LogP contribution in [0.5, 0.6) is 0 Å². The van der Waals surface area contributed by atoms with E-state index in [0.717, 1.165) is 32.2 Å². The van der Waals surface area contributed by atoms with Gasteiger partial charge in [-0.05, 0) is 54.8 Å². The fourth-order valence-electron chi connectivity index (χ4n) is 3.06. The summed E-state index contributed by atoms with van der Waals surface area (Å²) in [6, 6.07) is 6.83. The molecule has 17 heavy (non-hydrogen) atoms. The van der Waals surface area contributed by atoms with Crippen LogP contribution in [0.3, 0.4) is 0 Å². The molecule has 1 aromatic rings. The average Bonchev–Trinajstić information content (AvgIpc) is 2.40. The zero-order valence-electron chi connectivity index (χ0n) is 10.4. The van der Waals surface area contributed by atoms with E-state index >= 15 is 0 Å². The third-order valence-corrected chi connectivity index (χ3v) is 4.09. The van der Waals surface area contributed by atoms with E-state index in [1.807, 2.05) is 0 Å². The zero-order valence-corrected chi connectivity index (χ0v) is 10.4. The first-order chi connectivity index (χ1) is 8.43. The highest BCUT2D eigenvalue weighted by Gasteiger charge is 2.18. The van der Waals surface area contributed by atoms with E-state index in [-0.39, 0.29) is 0 Å². The second-order valence-corrected chi connectivity index (χ2v) is 5.24.